The summed E-state index contributed by atoms with van der Waals surface area (Å²) < 4.78 is 28.0. The lowest BCUT2D eigenvalue weighted by molar-refractivity contribution is 0.0474. The summed E-state index contributed by atoms with van der Waals surface area (Å²) in [6.07, 6.45) is 0. The van der Waals surface area contributed by atoms with Crippen LogP contribution < -0.4 is 5.14 Å². The van der Waals surface area contributed by atoms with Gasteiger partial charge in [0.15, 0.2) is 12.4 Å². The van der Waals surface area contributed by atoms with E-state index in [4.69, 9.17) is 21.5 Å². The highest BCUT2D eigenvalue weighted by molar-refractivity contribution is 7.89. The number of hydrogen-bond donors (Lipinski definition) is 1. The SMILES string of the molecule is NS(=O)(=O)c1cc(C(=O)OCC(=O)c2ccc(-c3ccccc3)cc2)ccc1Cl. The Morgan fingerprint density at radius 1 is 0.862 bits per heavy atom. The van der Waals surface area contributed by atoms with E-state index in [1.165, 1.54) is 12.1 Å². The number of nitrogens with two attached hydrogens (primary N) is 1. The quantitative estimate of drug-likeness (QED) is 0.475. The van der Waals surface area contributed by atoms with Crippen LogP contribution in [0, 0.1) is 0 Å². The van der Waals surface area contributed by atoms with Crippen LogP contribution in [0.5, 0.6) is 0 Å². The van der Waals surface area contributed by atoms with E-state index in [0.717, 1.165) is 17.2 Å². The molecule has 0 aliphatic carbocycles. The molecule has 0 heterocycles. The molecule has 0 aliphatic heterocycles. The van der Waals surface area contributed by atoms with Gasteiger partial charge in [0.05, 0.1) is 10.6 Å². The Balaban J connectivity index is 1.67. The molecule has 29 heavy (non-hydrogen) atoms. The fourth-order valence-corrected chi connectivity index (χ4v) is 3.70. The van der Waals surface area contributed by atoms with Gasteiger partial charge in [0.25, 0.3) is 0 Å². The van der Waals surface area contributed by atoms with Gasteiger partial charge in [-0.3, -0.25) is 4.79 Å². The van der Waals surface area contributed by atoms with Crippen LogP contribution in [0.4, 0.5) is 0 Å². The van der Waals surface area contributed by atoms with Crippen LogP contribution in [0.2, 0.25) is 5.02 Å². The van der Waals surface area contributed by atoms with Gasteiger partial charge in [0.2, 0.25) is 10.0 Å². The zero-order valence-electron chi connectivity index (χ0n) is 15.0. The molecule has 0 aromatic heterocycles. The average Bonchev–Trinajstić information content (AvgIpc) is 2.72. The van der Waals surface area contributed by atoms with Gasteiger partial charge in [0.1, 0.15) is 4.90 Å². The molecule has 0 spiro atoms. The zero-order chi connectivity index (χ0) is 21.0. The summed E-state index contributed by atoms with van der Waals surface area (Å²) in [7, 11) is -4.10. The summed E-state index contributed by atoms with van der Waals surface area (Å²) in [6.45, 7) is -0.489. The number of primary sulfonamides is 1. The molecule has 8 heteroatoms. The van der Waals surface area contributed by atoms with Crippen molar-refractivity contribution in [3.63, 3.8) is 0 Å². The van der Waals surface area contributed by atoms with E-state index < -0.39 is 33.3 Å². The third-order valence-electron chi connectivity index (χ3n) is 4.12. The van der Waals surface area contributed by atoms with E-state index >= 15 is 0 Å². The van der Waals surface area contributed by atoms with E-state index in [1.54, 1.807) is 12.1 Å². The van der Waals surface area contributed by atoms with E-state index in [2.05, 4.69) is 0 Å². The molecule has 0 aliphatic rings. The molecule has 0 unspecified atom stereocenters. The lowest BCUT2D eigenvalue weighted by atomic mass is 10.0. The minimum absolute atomic E-state index is 0.0781. The number of benzene rings is 3. The molecule has 3 rings (SSSR count). The Hall–Kier alpha value is -3.00. The van der Waals surface area contributed by atoms with E-state index in [1.807, 2.05) is 42.5 Å². The van der Waals surface area contributed by atoms with Crippen molar-refractivity contribution in [1.82, 2.24) is 0 Å². The second-order valence-electron chi connectivity index (χ2n) is 6.13. The standard InChI is InChI=1S/C21H16ClNO5S/c22-18-11-10-17(12-20(18)29(23,26)27)21(25)28-13-19(24)16-8-6-15(7-9-16)14-4-2-1-3-5-14/h1-12H,13H2,(H2,23,26,27). The third kappa shape index (κ3) is 5.08. The highest BCUT2D eigenvalue weighted by atomic mass is 35.5. The Bertz CT molecular complexity index is 1160. The topological polar surface area (TPSA) is 104 Å². The fraction of sp³-hybridized carbons (Fsp3) is 0.0476. The first-order valence-electron chi connectivity index (χ1n) is 8.44. The first kappa shape index (κ1) is 20.7. The predicted octanol–water partition coefficient (Wildman–Crippen LogP) is 3.69. The van der Waals surface area contributed by atoms with Crippen LogP contribution in [-0.2, 0) is 14.8 Å². The van der Waals surface area contributed by atoms with Crippen molar-refractivity contribution in [3.05, 3.63) is 88.9 Å². The number of carbonyl (C=O) groups is 2. The van der Waals surface area contributed by atoms with Crippen molar-refractivity contribution in [2.45, 2.75) is 4.90 Å². The number of ether oxygens (including phenoxy) is 1. The Labute approximate surface area is 172 Å². The second kappa shape index (κ2) is 8.57. The lowest BCUT2D eigenvalue weighted by Crippen LogP contribution is -2.16. The smallest absolute Gasteiger partial charge is 0.338 e. The largest absolute Gasteiger partial charge is 0.454 e. The number of sulfonamides is 1. The van der Waals surface area contributed by atoms with Crippen molar-refractivity contribution in [2.75, 3.05) is 6.61 Å². The maximum atomic E-state index is 12.3. The van der Waals surface area contributed by atoms with Crippen molar-refractivity contribution in [2.24, 2.45) is 5.14 Å². The predicted molar refractivity (Wildman–Crippen MR) is 109 cm³/mol. The summed E-state index contributed by atoms with van der Waals surface area (Å²) in [4.78, 5) is 24.1. The van der Waals surface area contributed by atoms with Gasteiger partial charge in [0, 0.05) is 5.56 Å². The molecule has 3 aromatic carbocycles. The van der Waals surface area contributed by atoms with Crippen molar-refractivity contribution < 1.29 is 22.7 Å². The van der Waals surface area contributed by atoms with Gasteiger partial charge < -0.3 is 4.74 Å². The fourth-order valence-electron chi connectivity index (χ4n) is 2.63. The van der Waals surface area contributed by atoms with Gasteiger partial charge in [-0.1, -0.05) is 66.2 Å². The molecule has 2 N–H and O–H groups in total. The molecule has 3 aromatic rings. The van der Waals surface area contributed by atoms with Crippen molar-refractivity contribution >= 4 is 33.4 Å². The number of esters is 1. The highest BCUT2D eigenvalue weighted by Gasteiger charge is 2.18. The molecule has 0 atom stereocenters. The van der Waals surface area contributed by atoms with Gasteiger partial charge >= 0.3 is 5.97 Å². The summed E-state index contributed by atoms with van der Waals surface area (Å²) in [5, 5.41) is 4.95. The maximum Gasteiger partial charge on any atom is 0.338 e. The molecule has 0 saturated heterocycles. The Kier molecular flexibility index (Phi) is 6.12. The van der Waals surface area contributed by atoms with Crippen LogP contribution in [0.25, 0.3) is 11.1 Å². The number of halogens is 1. The summed E-state index contributed by atoms with van der Waals surface area (Å²) in [5.41, 5.74) is 2.28. The van der Waals surface area contributed by atoms with Crippen molar-refractivity contribution in [3.8, 4) is 11.1 Å². The van der Waals surface area contributed by atoms with Gasteiger partial charge in [-0.05, 0) is 29.3 Å². The molecule has 6 nitrogen and oxygen atoms in total. The molecule has 0 fully saturated rings. The highest BCUT2D eigenvalue weighted by Crippen LogP contribution is 2.22. The van der Waals surface area contributed by atoms with Crippen LogP contribution in [0.3, 0.4) is 0 Å². The van der Waals surface area contributed by atoms with Gasteiger partial charge in [-0.15, -0.1) is 0 Å². The minimum Gasteiger partial charge on any atom is -0.454 e. The van der Waals surface area contributed by atoms with Crippen LogP contribution in [0.1, 0.15) is 20.7 Å². The number of Topliss-reactive ketones (excluding diaryl/α,β-unsaturated/α-hetero) is 1. The first-order chi connectivity index (χ1) is 13.8. The monoisotopic (exact) mass is 429 g/mol. The minimum atomic E-state index is -4.10. The Morgan fingerprint density at radius 2 is 1.45 bits per heavy atom. The average molecular weight is 430 g/mol. The number of ketones is 1. The number of carbonyl (C=O) groups excluding carboxylic acids is 2. The molecule has 0 amide bonds. The number of rotatable bonds is 6. The van der Waals surface area contributed by atoms with E-state index in [-0.39, 0.29) is 10.6 Å². The first-order valence-corrected chi connectivity index (χ1v) is 10.4. The molecule has 148 valence electrons. The molecule has 0 radical (unpaired) electrons. The molecular formula is C21H16ClNO5S. The molecular weight excluding hydrogens is 414 g/mol. The lowest BCUT2D eigenvalue weighted by Gasteiger charge is -2.07. The van der Waals surface area contributed by atoms with Gasteiger partial charge in [-0.25, -0.2) is 18.4 Å². The maximum absolute atomic E-state index is 12.3. The summed E-state index contributed by atoms with van der Waals surface area (Å²) in [6, 6.07) is 20.1. The number of hydrogen-bond acceptors (Lipinski definition) is 5. The van der Waals surface area contributed by atoms with Crippen molar-refractivity contribution in [1.29, 1.82) is 0 Å². The third-order valence-corrected chi connectivity index (χ3v) is 5.51. The van der Waals surface area contributed by atoms with Crippen LogP contribution in [0.15, 0.2) is 77.7 Å². The van der Waals surface area contributed by atoms with E-state index in [0.29, 0.717) is 5.56 Å². The summed E-state index contributed by atoms with van der Waals surface area (Å²) >= 11 is 5.78. The Morgan fingerprint density at radius 3 is 2.07 bits per heavy atom. The van der Waals surface area contributed by atoms with Crippen LogP contribution in [-0.4, -0.2) is 26.8 Å². The van der Waals surface area contributed by atoms with Crippen LogP contribution >= 0.6 is 11.6 Å². The molecule has 0 bridgehead atoms. The second-order valence-corrected chi connectivity index (χ2v) is 8.07. The zero-order valence-corrected chi connectivity index (χ0v) is 16.6. The van der Waals surface area contributed by atoms with Gasteiger partial charge in [-0.2, -0.15) is 0 Å². The molecule has 0 saturated carbocycles. The normalized spacial score (nSPS) is 11.1. The van der Waals surface area contributed by atoms with E-state index in [9.17, 15) is 18.0 Å². The summed E-state index contributed by atoms with van der Waals surface area (Å²) in [5.74, 6) is -1.25.